The molecule has 0 fully saturated rings. The first-order chi connectivity index (χ1) is 14.8. The highest BCUT2D eigenvalue weighted by Gasteiger charge is 2.35. The van der Waals surface area contributed by atoms with E-state index in [0.29, 0.717) is 17.2 Å². The lowest BCUT2D eigenvalue weighted by Crippen LogP contribution is -2.48. The number of thiocarbonyl (C=S) groups is 1. The Morgan fingerprint density at radius 2 is 2.03 bits per heavy atom. The first kappa shape index (κ1) is 23.7. The van der Waals surface area contributed by atoms with Gasteiger partial charge >= 0.3 is 6.18 Å². The number of alkyl halides is 3. The van der Waals surface area contributed by atoms with E-state index in [0.717, 1.165) is 11.3 Å². The molecule has 3 aromatic rings. The van der Waals surface area contributed by atoms with Crippen molar-refractivity contribution in [3.63, 3.8) is 0 Å². The molecule has 0 spiro atoms. The van der Waals surface area contributed by atoms with Crippen LogP contribution in [0.1, 0.15) is 26.5 Å². The normalized spacial score (nSPS) is 13.2. The fourth-order valence-corrected chi connectivity index (χ4v) is 3.38. The molecule has 0 saturated heterocycles. The largest absolute Gasteiger partial charge is 0.401 e. The van der Waals surface area contributed by atoms with Crippen molar-refractivity contribution < 1.29 is 13.2 Å². The van der Waals surface area contributed by atoms with E-state index in [1.807, 2.05) is 17.5 Å². The molecule has 3 aromatic heterocycles. The average Bonchev–Trinajstić information content (AvgIpc) is 3.27. The van der Waals surface area contributed by atoms with Gasteiger partial charge in [0.2, 0.25) is 0 Å². The third-order valence-electron chi connectivity index (χ3n) is 4.66. The Bertz CT molecular complexity index is 1130. The van der Waals surface area contributed by atoms with Crippen molar-refractivity contribution in [3.8, 4) is 11.3 Å². The molecule has 0 amide bonds. The molecule has 0 aromatic carbocycles. The van der Waals surface area contributed by atoms with Gasteiger partial charge in [-0.1, -0.05) is 12.2 Å². The van der Waals surface area contributed by atoms with Gasteiger partial charge in [0.05, 0.1) is 30.3 Å². The summed E-state index contributed by atoms with van der Waals surface area (Å²) in [6.45, 7) is 5.77. The summed E-state index contributed by atoms with van der Waals surface area (Å²) in [6.07, 6.45) is 4.06. The maximum atomic E-state index is 13.0. The van der Waals surface area contributed by atoms with Crippen LogP contribution in [0.4, 0.5) is 19.0 Å². The van der Waals surface area contributed by atoms with Gasteiger partial charge in [0, 0.05) is 35.7 Å². The second-order valence-corrected chi connectivity index (χ2v) is 8.85. The van der Waals surface area contributed by atoms with Crippen molar-refractivity contribution >= 4 is 28.7 Å². The maximum Gasteiger partial charge on any atom is 0.401 e. The second kappa shape index (κ2) is 8.87. The van der Waals surface area contributed by atoms with Crippen LogP contribution in [0.2, 0.25) is 0 Å². The summed E-state index contributed by atoms with van der Waals surface area (Å²) in [4.78, 5) is 10.3. The molecular formula is C20H25F3N8S. The van der Waals surface area contributed by atoms with Gasteiger partial charge in [-0.15, -0.1) is 0 Å². The molecule has 0 aliphatic heterocycles. The first-order valence-corrected chi connectivity index (χ1v) is 10.2. The number of H-pyrrole nitrogens is 1. The molecule has 4 N–H and O–H groups in total. The van der Waals surface area contributed by atoms with Crippen LogP contribution in [0.15, 0.2) is 36.6 Å². The van der Waals surface area contributed by atoms with Crippen LogP contribution >= 0.6 is 12.2 Å². The Balaban J connectivity index is 1.81. The molecule has 0 aliphatic carbocycles. The lowest BCUT2D eigenvalue weighted by Gasteiger charge is -2.36. The van der Waals surface area contributed by atoms with Crippen LogP contribution in [0.5, 0.6) is 0 Å². The number of imidazole rings is 1. The Labute approximate surface area is 188 Å². The number of aryl methyl sites for hydroxylation is 1. The van der Waals surface area contributed by atoms with Gasteiger partial charge in [0.1, 0.15) is 4.99 Å². The van der Waals surface area contributed by atoms with Crippen molar-refractivity contribution in [1.29, 1.82) is 0 Å². The van der Waals surface area contributed by atoms with Gasteiger partial charge in [-0.3, -0.25) is 14.4 Å². The molecular weight excluding hydrogens is 441 g/mol. The number of nitrogens with two attached hydrogens (primary N) is 1. The number of nitrogens with zero attached hydrogens (tertiary/aromatic N) is 5. The van der Waals surface area contributed by atoms with Crippen LogP contribution in [-0.2, 0) is 0 Å². The molecule has 3 heterocycles. The highest BCUT2D eigenvalue weighted by atomic mass is 32.1. The quantitative estimate of drug-likeness (QED) is 0.376. The number of anilines is 1. The van der Waals surface area contributed by atoms with Gasteiger partial charge in [0.15, 0.2) is 11.5 Å². The number of hydrogen-bond acceptors (Lipinski definition) is 6. The fourth-order valence-electron chi connectivity index (χ4n) is 3.13. The number of halogens is 3. The van der Waals surface area contributed by atoms with Gasteiger partial charge in [0.25, 0.3) is 0 Å². The van der Waals surface area contributed by atoms with E-state index in [-0.39, 0.29) is 17.2 Å². The van der Waals surface area contributed by atoms with Crippen molar-refractivity contribution in [2.45, 2.75) is 39.4 Å². The number of nitrogens with one attached hydrogen (secondary N) is 2. The standard InChI is InChI=1S/C20H25F3N8S/c1-12-9-31-15(13-6-26-27-7-13)8-25-18(31)17(28-12)29-16(32)5-14(24)10-30(19(2,3)4)11-20(21,22)23/h5-9H,10-11,24H2,1-4H3,(H,26,27)(H,28,29,32)/b14-5-. The lowest BCUT2D eigenvalue weighted by molar-refractivity contribution is -0.154. The SMILES string of the molecule is Cc1cn2c(-c3cn[nH]c3)cnc2c(NC(=S)/C=C(\N)CN(CC(F)(F)F)C(C)(C)C)n1. The first-order valence-electron chi connectivity index (χ1n) is 9.76. The summed E-state index contributed by atoms with van der Waals surface area (Å²) in [6, 6.07) is 0. The average molecular weight is 467 g/mol. The zero-order valence-corrected chi connectivity index (χ0v) is 19.0. The summed E-state index contributed by atoms with van der Waals surface area (Å²) in [5.74, 6) is 0.414. The minimum Gasteiger partial charge on any atom is -0.401 e. The Hall–Kier alpha value is -2.99. The lowest BCUT2D eigenvalue weighted by atomic mass is 10.1. The topological polar surface area (TPSA) is 100 Å². The molecule has 12 heteroatoms. The summed E-state index contributed by atoms with van der Waals surface area (Å²) < 4.78 is 40.7. The smallest absolute Gasteiger partial charge is 0.401 e. The molecule has 0 bridgehead atoms. The minimum atomic E-state index is -4.34. The highest BCUT2D eigenvalue weighted by Crippen LogP contribution is 2.24. The third kappa shape index (κ3) is 5.82. The fraction of sp³-hybridized carbons (Fsp3) is 0.400. The third-order valence-corrected chi connectivity index (χ3v) is 4.88. The monoisotopic (exact) mass is 466 g/mol. The maximum absolute atomic E-state index is 13.0. The number of aromatic amines is 1. The molecule has 0 radical (unpaired) electrons. The number of aromatic nitrogens is 5. The van der Waals surface area contributed by atoms with Crippen molar-refractivity contribution in [2.75, 3.05) is 18.4 Å². The molecule has 8 nitrogen and oxygen atoms in total. The summed E-state index contributed by atoms with van der Waals surface area (Å²) in [5.41, 5.74) is 8.42. The number of fused-ring (bicyclic) bond motifs is 1. The molecule has 32 heavy (non-hydrogen) atoms. The summed E-state index contributed by atoms with van der Waals surface area (Å²) in [5, 5.41) is 9.72. The van der Waals surface area contributed by atoms with E-state index in [4.69, 9.17) is 18.0 Å². The Kier molecular flexibility index (Phi) is 6.56. The molecule has 3 rings (SSSR count). The van der Waals surface area contributed by atoms with Crippen molar-refractivity contribution in [1.82, 2.24) is 29.5 Å². The number of hydrogen-bond donors (Lipinski definition) is 3. The van der Waals surface area contributed by atoms with Crippen LogP contribution in [0.25, 0.3) is 16.9 Å². The highest BCUT2D eigenvalue weighted by molar-refractivity contribution is 7.81. The Morgan fingerprint density at radius 1 is 1.31 bits per heavy atom. The van der Waals surface area contributed by atoms with Crippen molar-refractivity contribution in [2.24, 2.45) is 5.73 Å². The molecule has 0 aliphatic rings. The van der Waals surface area contributed by atoms with Crippen molar-refractivity contribution in [3.05, 3.63) is 42.3 Å². The molecule has 0 atom stereocenters. The van der Waals surface area contributed by atoms with E-state index < -0.39 is 18.3 Å². The second-order valence-electron chi connectivity index (χ2n) is 8.41. The predicted molar refractivity (Wildman–Crippen MR) is 121 cm³/mol. The zero-order chi connectivity index (χ0) is 23.7. The predicted octanol–water partition coefficient (Wildman–Crippen LogP) is 3.67. The van der Waals surface area contributed by atoms with Crippen LogP contribution in [0, 0.1) is 6.92 Å². The molecule has 172 valence electrons. The van der Waals surface area contributed by atoms with E-state index in [2.05, 4.69) is 25.5 Å². The van der Waals surface area contributed by atoms with Crippen LogP contribution < -0.4 is 11.1 Å². The van der Waals surface area contributed by atoms with Crippen LogP contribution in [-0.4, -0.2) is 59.3 Å². The molecule has 0 saturated carbocycles. The number of rotatable bonds is 6. The van der Waals surface area contributed by atoms with Gasteiger partial charge < -0.3 is 11.1 Å². The van der Waals surface area contributed by atoms with E-state index >= 15 is 0 Å². The summed E-state index contributed by atoms with van der Waals surface area (Å²) >= 11 is 5.36. The zero-order valence-electron chi connectivity index (χ0n) is 18.2. The van der Waals surface area contributed by atoms with E-state index in [9.17, 15) is 13.2 Å². The van der Waals surface area contributed by atoms with Gasteiger partial charge in [-0.2, -0.15) is 18.3 Å². The van der Waals surface area contributed by atoms with Gasteiger partial charge in [-0.25, -0.2) is 9.97 Å². The van der Waals surface area contributed by atoms with E-state index in [1.165, 1.54) is 11.0 Å². The van der Waals surface area contributed by atoms with Gasteiger partial charge in [-0.05, 0) is 33.8 Å². The van der Waals surface area contributed by atoms with Crippen LogP contribution in [0.3, 0.4) is 0 Å². The minimum absolute atomic E-state index is 0.0878. The Morgan fingerprint density at radius 3 is 2.62 bits per heavy atom. The summed E-state index contributed by atoms with van der Waals surface area (Å²) in [7, 11) is 0. The molecule has 0 unspecified atom stereocenters. The van der Waals surface area contributed by atoms with E-state index in [1.54, 1.807) is 39.4 Å².